The zero-order chi connectivity index (χ0) is 20.2. The average molecular weight is 514 g/mol. The second-order valence-electron chi connectivity index (χ2n) is 7.16. The van der Waals surface area contributed by atoms with Crippen molar-refractivity contribution in [1.82, 2.24) is 15.8 Å². The first-order valence-electron chi connectivity index (χ1n) is 10.2. The topological polar surface area (TPSA) is 71.7 Å². The van der Waals surface area contributed by atoms with Crippen LogP contribution in [-0.4, -0.2) is 37.4 Å². The van der Waals surface area contributed by atoms with Gasteiger partial charge in [-0.1, -0.05) is 42.4 Å². The van der Waals surface area contributed by atoms with Gasteiger partial charge in [0.2, 0.25) is 0 Å². The van der Waals surface area contributed by atoms with Gasteiger partial charge in [-0.15, -0.1) is 24.0 Å². The molecule has 1 aromatic heterocycles. The molecule has 2 aromatic rings. The van der Waals surface area contributed by atoms with Crippen LogP contribution in [0.1, 0.15) is 42.8 Å². The van der Waals surface area contributed by atoms with Gasteiger partial charge in [-0.3, -0.25) is 4.99 Å². The van der Waals surface area contributed by atoms with Crippen molar-refractivity contribution in [3.05, 3.63) is 52.9 Å². The molecular formula is C22H35IN4O2. The minimum Gasteiger partial charge on any atom is -0.376 e. The van der Waals surface area contributed by atoms with E-state index < -0.39 is 0 Å². The van der Waals surface area contributed by atoms with Crippen molar-refractivity contribution in [1.29, 1.82) is 0 Å². The molecule has 29 heavy (non-hydrogen) atoms. The summed E-state index contributed by atoms with van der Waals surface area (Å²) in [4.78, 5) is 4.69. The number of guanidine groups is 1. The zero-order valence-corrected chi connectivity index (χ0v) is 20.4. The van der Waals surface area contributed by atoms with Crippen LogP contribution in [0.15, 0.2) is 39.8 Å². The largest absolute Gasteiger partial charge is 0.376 e. The number of halogens is 1. The highest BCUT2D eigenvalue weighted by Crippen LogP contribution is 2.13. The maximum atomic E-state index is 5.81. The number of hydrogen-bond donors (Lipinski definition) is 2. The van der Waals surface area contributed by atoms with Crippen LogP contribution in [0.4, 0.5) is 0 Å². The van der Waals surface area contributed by atoms with E-state index in [1.54, 1.807) is 0 Å². The van der Waals surface area contributed by atoms with Gasteiger partial charge in [0.1, 0.15) is 5.76 Å². The van der Waals surface area contributed by atoms with Crippen molar-refractivity contribution < 1.29 is 9.26 Å². The molecule has 1 heterocycles. The Morgan fingerprint density at radius 3 is 2.62 bits per heavy atom. The summed E-state index contributed by atoms with van der Waals surface area (Å²) < 4.78 is 11.0. The first-order chi connectivity index (χ1) is 13.6. The van der Waals surface area contributed by atoms with Crippen LogP contribution < -0.4 is 10.6 Å². The van der Waals surface area contributed by atoms with E-state index in [1.165, 1.54) is 11.1 Å². The molecule has 0 bridgehead atoms. The minimum absolute atomic E-state index is 0. The molecule has 2 rings (SSSR count). The van der Waals surface area contributed by atoms with Crippen LogP contribution >= 0.6 is 24.0 Å². The summed E-state index contributed by atoms with van der Waals surface area (Å²) in [5, 5.41) is 10.7. The Balaban J connectivity index is 0.00000420. The van der Waals surface area contributed by atoms with Crippen molar-refractivity contribution in [2.75, 3.05) is 26.2 Å². The quantitative estimate of drug-likeness (QED) is 0.203. The summed E-state index contributed by atoms with van der Waals surface area (Å²) in [6, 6.07) is 10.3. The van der Waals surface area contributed by atoms with Crippen molar-refractivity contribution in [3.8, 4) is 0 Å². The molecule has 7 heteroatoms. The second kappa shape index (κ2) is 14.4. The number of nitrogens with one attached hydrogen (secondary N) is 2. The van der Waals surface area contributed by atoms with E-state index in [1.807, 2.05) is 32.0 Å². The van der Waals surface area contributed by atoms with Gasteiger partial charge in [0.25, 0.3) is 0 Å². The molecule has 0 aliphatic heterocycles. The van der Waals surface area contributed by atoms with E-state index in [-0.39, 0.29) is 24.0 Å². The molecule has 6 nitrogen and oxygen atoms in total. The predicted octanol–water partition coefficient (Wildman–Crippen LogP) is 4.25. The number of ether oxygens (including phenoxy) is 1. The zero-order valence-electron chi connectivity index (χ0n) is 18.0. The normalized spacial score (nSPS) is 12.3. The molecule has 0 amide bonds. The van der Waals surface area contributed by atoms with Crippen LogP contribution in [0.3, 0.4) is 0 Å². The lowest BCUT2D eigenvalue weighted by atomic mass is 10.1. The Morgan fingerprint density at radius 1 is 1.21 bits per heavy atom. The molecule has 0 aliphatic rings. The monoisotopic (exact) mass is 514 g/mol. The Labute approximate surface area is 191 Å². The van der Waals surface area contributed by atoms with Gasteiger partial charge in [0.15, 0.2) is 5.96 Å². The smallest absolute Gasteiger partial charge is 0.191 e. The first kappa shape index (κ1) is 25.4. The highest BCUT2D eigenvalue weighted by atomic mass is 127. The maximum Gasteiger partial charge on any atom is 0.191 e. The molecule has 1 aromatic carbocycles. The standard InChI is InChI=1S/C22H34N4O2.HI/c1-5-23-22(24-13-9-12-21-18(3)26-28-19(21)4)25-14-17(2)15-27-16-20-10-7-6-8-11-20;/h6-8,10-11,17H,5,9,12-16H2,1-4H3,(H2,23,24,25);1H. The molecular weight excluding hydrogens is 479 g/mol. The molecule has 162 valence electrons. The molecule has 0 aliphatic carbocycles. The van der Waals surface area contributed by atoms with Gasteiger partial charge >= 0.3 is 0 Å². The van der Waals surface area contributed by atoms with Crippen LogP contribution in [-0.2, 0) is 17.8 Å². The van der Waals surface area contributed by atoms with E-state index in [4.69, 9.17) is 14.3 Å². The Hall–Kier alpha value is -1.61. The molecule has 0 fully saturated rings. The Morgan fingerprint density at radius 2 is 1.97 bits per heavy atom. The van der Waals surface area contributed by atoms with Crippen LogP contribution in [0, 0.1) is 19.8 Å². The fourth-order valence-electron chi connectivity index (χ4n) is 2.92. The highest BCUT2D eigenvalue weighted by molar-refractivity contribution is 14.0. The Kier molecular flexibility index (Phi) is 12.6. The van der Waals surface area contributed by atoms with Gasteiger partial charge in [0, 0.05) is 25.2 Å². The number of hydrogen-bond acceptors (Lipinski definition) is 4. The van der Waals surface area contributed by atoms with Crippen molar-refractivity contribution in [2.24, 2.45) is 10.9 Å². The molecule has 0 saturated heterocycles. The van der Waals surface area contributed by atoms with Gasteiger partial charge in [-0.05, 0) is 45.1 Å². The van der Waals surface area contributed by atoms with Gasteiger partial charge in [-0.2, -0.15) is 0 Å². The van der Waals surface area contributed by atoms with Gasteiger partial charge in [0.05, 0.1) is 18.9 Å². The number of aromatic nitrogens is 1. The lowest BCUT2D eigenvalue weighted by molar-refractivity contribution is 0.0945. The summed E-state index contributed by atoms with van der Waals surface area (Å²) in [5.41, 5.74) is 3.40. The molecule has 2 N–H and O–H groups in total. The summed E-state index contributed by atoms with van der Waals surface area (Å²) in [7, 11) is 0. The van der Waals surface area contributed by atoms with Gasteiger partial charge in [-0.25, -0.2) is 0 Å². The molecule has 1 unspecified atom stereocenters. The fourth-order valence-corrected chi connectivity index (χ4v) is 2.92. The van der Waals surface area contributed by atoms with E-state index >= 15 is 0 Å². The first-order valence-corrected chi connectivity index (χ1v) is 10.2. The van der Waals surface area contributed by atoms with E-state index in [0.29, 0.717) is 19.1 Å². The SMILES string of the molecule is CCNC(=NCC(C)COCc1ccccc1)NCCCc1c(C)noc1C.I. The van der Waals surface area contributed by atoms with Crippen molar-refractivity contribution in [3.63, 3.8) is 0 Å². The van der Waals surface area contributed by atoms with E-state index in [2.05, 4.69) is 41.8 Å². The number of aryl methyl sites for hydroxylation is 2. The van der Waals surface area contributed by atoms with Crippen molar-refractivity contribution >= 4 is 29.9 Å². The number of benzene rings is 1. The fraction of sp³-hybridized carbons (Fsp3) is 0.545. The highest BCUT2D eigenvalue weighted by Gasteiger charge is 2.08. The van der Waals surface area contributed by atoms with Crippen LogP contribution in [0.5, 0.6) is 0 Å². The summed E-state index contributed by atoms with van der Waals surface area (Å²) >= 11 is 0. The molecule has 0 spiro atoms. The second-order valence-corrected chi connectivity index (χ2v) is 7.16. The number of aliphatic imine (C=N–C) groups is 1. The molecule has 0 saturated carbocycles. The third kappa shape index (κ3) is 9.62. The Bertz CT molecular complexity index is 699. The molecule has 0 radical (unpaired) electrons. The van der Waals surface area contributed by atoms with E-state index in [9.17, 15) is 0 Å². The third-order valence-corrected chi connectivity index (χ3v) is 4.50. The van der Waals surface area contributed by atoms with Crippen LogP contribution in [0.2, 0.25) is 0 Å². The minimum atomic E-state index is 0. The van der Waals surface area contributed by atoms with E-state index in [0.717, 1.165) is 49.9 Å². The van der Waals surface area contributed by atoms with Gasteiger partial charge < -0.3 is 19.9 Å². The predicted molar refractivity (Wildman–Crippen MR) is 129 cm³/mol. The third-order valence-electron chi connectivity index (χ3n) is 4.50. The summed E-state index contributed by atoms with van der Waals surface area (Å²) in [6.45, 7) is 12.0. The molecule has 1 atom stereocenters. The summed E-state index contributed by atoms with van der Waals surface area (Å²) in [6.07, 6.45) is 1.96. The summed E-state index contributed by atoms with van der Waals surface area (Å²) in [5.74, 6) is 2.14. The lowest BCUT2D eigenvalue weighted by Crippen LogP contribution is -2.38. The maximum absolute atomic E-state index is 5.81. The van der Waals surface area contributed by atoms with Crippen LogP contribution in [0.25, 0.3) is 0 Å². The van der Waals surface area contributed by atoms with Crippen molar-refractivity contribution in [2.45, 2.75) is 47.1 Å². The number of rotatable bonds is 11. The lowest BCUT2D eigenvalue weighted by Gasteiger charge is -2.14. The number of nitrogens with zero attached hydrogens (tertiary/aromatic N) is 2. The average Bonchev–Trinajstić information content (AvgIpc) is 3.02.